The van der Waals surface area contributed by atoms with Gasteiger partial charge in [0.05, 0.1) is 11.6 Å². The van der Waals surface area contributed by atoms with Crippen LogP contribution in [0.25, 0.3) is 16.8 Å². The summed E-state index contributed by atoms with van der Waals surface area (Å²) in [4.78, 5) is 30.5. The van der Waals surface area contributed by atoms with Crippen molar-refractivity contribution in [3.63, 3.8) is 0 Å². The van der Waals surface area contributed by atoms with Crippen LogP contribution in [0.4, 0.5) is 27.6 Å². The quantitative estimate of drug-likeness (QED) is 0.239. The van der Waals surface area contributed by atoms with Crippen LogP contribution in [-0.2, 0) is 6.18 Å². The highest BCUT2D eigenvalue weighted by Gasteiger charge is 2.36. The van der Waals surface area contributed by atoms with Gasteiger partial charge < -0.3 is 10.6 Å². The number of fused-ring (bicyclic) bond motifs is 2. The number of hydrogen-bond acceptors (Lipinski definition) is 4. The summed E-state index contributed by atoms with van der Waals surface area (Å²) in [7, 11) is 0. The molecule has 2 aromatic heterocycles. The van der Waals surface area contributed by atoms with Gasteiger partial charge in [-0.2, -0.15) is 18.3 Å². The molecule has 1 atom stereocenters. The zero-order chi connectivity index (χ0) is 29.1. The van der Waals surface area contributed by atoms with Crippen LogP contribution in [0.15, 0.2) is 73.2 Å². The number of benzene rings is 3. The number of pyridine rings is 1. The van der Waals surface area contributed by atoms with Crippen LogP contribution in [0.3, 0.4) is 0 Å². The number of carbonyl (C=O) groups is 2. The van der Waals surface area contributed by atoms with Crippen molar-refractivity contribution in [1.82, 2.24) is 19.9 Å². The van der Waals surface area contributed by atoms with Gasteiger partial charge >= 0.3 is 6.18 Å². The minimum absolute atomic E-state index is 0.0188. The van der Waals surface area contributed by atoms with E-state index >= 15 is 0 Å². The molecule has 2 amide bonds. The third-order valence-corrected chi connectivity index (χ3v) is 6.95. The molecule has 0 radical (unpaired) electrons. The van der Waals surface area contributed by atoms with Crippen LogP contribution >= 0.6 is 11.6 Å². The molecule has 0 fully saturated rings. The molecule has 1 aliphatic heterocycles. The number of nitrogens with one attached hydrogen (secondary N) is 2. The molecule has 6 rings (SSSR count). The van der Waals surface area contributed by atoms with Gasteiger partial charge in [0.15, 0.2) is 5.65 Å². The molecular weight excluding hydrogens is 569 g/mol. The fourth-order valence-corrected chi connectivity index (χ4v) is 4.97. The largest absolute Gasteiger partial charge is 0.416 e. The standard InChI is InChI=1S/C28H15ClF5N5O2/c29-21-2-1-17(30)11-19(21)25-24-20(27(41)38-25)7-14(13-3-4-39-23(9-13)35-12-36-39)8-22(24)37-26(40)15-5-16(28(32,33)34)10-18(31)6-15/h1-12,25H,(H,37,40)(H,38,41). The Morgan fingerprint density at radius 3 is 2.56 bits per heavy atom. The molecular formula is C28H15ClF5N5O2. The van der Waals surface area contributed by atoms with Crippen molar-refractivity contribution in [1.29, 1.82) is 0 Å². The second kappa shape index (κ2) is 9.66. The number of rotatable bonds is 4. The maximum absolute atomic E-state index is 14.2. The molecule has 0 spiro atoms. The first kappa shape index (κ1) is 26.4. The molecule has 1 aliphatic rings. The zero-order valence-corrected chi connectivity index (χ0v) is 21.2. The van der Waals surface area contributed by atoms with Gasteiger partial charge in [-0.25, -0.2) is 18.3 Å². The molecule has 206 valence electrons. The van der Waals surface area contributed by atoms with Crippen molar-refractivity contribution in [2.45, 2.75) is 12.2 Å². The molecule has 0 saturated heterocycles. The zero-order valence-electron chi connectivity index (χ0n) is 20.4. The molecule has 41 heavy (non-hydrogen) atoms. The van der Waals surface area contributed by atoms with E-state index in [1.54, 1.807) is 24.4 Å². The van der Waals surface area contributed by atoms with Gasteiger partial charge in [0, 0.05) is 39.2 Å². The van der Waals surface area contributed by atoms with Crippen LogP contribution < -0.4 is 10.6 Å². The number of alkyl halides is 3. The first-order valence-corrected chi connectivity index (χ1v) is 12.3. The number of nitrogens with zero attached hydrogens (tertiary/aromatic N) is 3. The lowest BCUT2D eigenvalue weighted by Gasteiger charge is -2.19. The molecule has 0 bridgehead atoms. The highest BCUT2D eigenvalue weighted by molar-refractivity contribution is 6.31. The summed E-state index contributed by atoms with van der Waals surface area (Å²) in [5.41, 5.74) is 0.0953. The van der Waals surface area contributed by atoms with Crippen LogP contribution in [0.1, 0.15) is 43.4 Å². The molecule has 0 aliphatic carbocycles. The van der Waals surface area contributed by atoms with E-state index in [0.29, 0.717) is 28.9 Å². The molecule has 5 aromatic rings. The maximum Gasteiger partial charge on any atom is 0.416 e. The van der Waals surface area contributed by atoms with Gasteiger partial charge in [-0.1, -0.05) is 11.6 Å². The minimum atomic E-state index is -4.89. The van der Waals surface area contributed by atoms with E-state index in [1.807, 2.05) is 0 Å². The Labute approximate surface area is 232 Å². The first-order valence-electron chi connectivity index (χ1n) is 11.9. The van der Waals surface area contributed by atoms with Gasteiger partial charge in [-0.15, -0.1) is 0 Å². The maximum atomic E-state index is 14.2. The highest BCUT2D eigenvalue weighted by atomic mass is 35.5. The first-order chi connectivity index (χ1) is 19.5. The van der Waals surface area contributed by atoms with E-state index in [4.69, 9.17) is 11.6 Å². The summed E-state index contributed by atoms with van der Waals surface area (Å²) in [5, 5.41) is 9.41. The third-order valence-electron chi connectivity index (χ3n) is 6.61. The lowest BCUT2D eigenvalue weighted by Crippen LogP contribution is -2.21. The smallest absolute Gasteiger partial charge is 0.341 e. The summed E-state index contributed by atoms with van der Waals surface area (Å²) in [6, 6.07) is 10.4. The number of carbonyl (C=O) groups excluding carboxylic acids is 2. The number of aromatic nitrogens is 3. The Bertz CT molecular complexity index is 1890. The molecule has 3 heterocycles. The topological polar surface area (TPSA) is 88.4 Å². The fraction of sp³-hybridized carbons (Fsp3) is 0.0714. The summed E-state index contributed by atoms with van der Waals surface area (Å²) >= 11 is 6.33. The van der Waals surface area contributed by atoms with E-state index in [1.165, 1.54) is 23.0 Å². The normalized spacial score (nSPS) is 14.7. The fourth-order valence-electron chi connectivity index (χ4n) is 4.75. The van der Waals surface area contributed by atoms with Crippen molar-refractivity contribution in [3.8, 4) is 11.1 Å². The van der Waals surface area contributed by atoms with E-state index in [9.17, 15) is 31.5 Å². The van der Waals surface area contributed by atoms with Gasteiger partial charge in [-0.05, 0) is 71.8 Å². The molecule has 0 saturated carbocycles. The second-order valence-corrected chi connectivity index (χ2v) is 9.62. The van der Waals surface area contributed by atoms with Crippen LogP contribution in [0.5, 0.6) is 0 Å². The molecule has 2 N–H and O–H groups in total. The van der Waals surface area contributed by atoms with Crippen molar-refractivity contribution >= 4 is 34.7 Å². The Balaban J connectivity index is 1.51. The van der Waals surface area contributed by atoms with E-state index in [-0.39, 0.29) is 33.5 Å². The van der Waals surface area contributed by atoms with E-state index < -0.39 is 46.8 Å². The summed E-state index contributed by atoms with van der Waals surface area (Å²) in [6.07, 6.45) is -1.92. The van der Waals surface area contributed by atoms with Crippen LogP contribution in [0.2, 0.25) is 5.02 Å². The van der Waals surface area contributed by atoms with Crippen LogP contribution in [-0.4, -0.2) is 26.4 Å². The van der Waals surface area contributed by atoms with Gasteiger partial charge in [0.1, 0.15) is 18.0 Å². The lowest BCUT2D eigenvalue weighted by molar-refractivity contribution is -0.137. The summed E-state index contributed by atoms with van der Waals surface area (Å²) in [6.45, 7) is 0. The Morgan fingerprint density at radius 1 is 0.976 bits per heavy atom. The Hall–Kier alpha value is -4.84. The summed E-state index contributed by atoms with van der Waals surface area (Å²) < 4.78 is 69.7. The van der Waals surface area contributed by atoms with E-state index in [0.717, 1.165) is 12.1 Å². The van der Waals surface area contributed by atoms with Gasteiger partial charge in [0.25, 0.3) is 11.8 Å². The van der Waals surface area contributed by atoms with Gasteiger partial charge in [0.2, 0.25) is 0 Å². The average molecular weight is 584 g/mol. The summed E-state index contributed by atoms with van der Waals surface area (Å²) in [5.74, 6) is -3.51. The molecule has 1 unspecified atom stereocenters. The predicted octanol–water partition coefficient (Wildman–Crippen LogP) is 6.43. The molecule has 7 nitrogen and oxygen atoms in total. The van der Waals surface area contributed by atoms with Crippen molar-refractivity contribution in [3.05, 3.63) is 118 Å². The Morgan fingerprint density at radius 2 is 1.78 bits per heavy atom. The minimum Gasteiger partial charge on any atom is -0.341 e. The average Bonchev–Trinajstić information content (AvgIpc) is 3.53. The Kier molecular flexibility index (Phi) is 6.22. The highest BCUT2D eigenvalue weighted by Crippen LogP contribution is 2.42. The lowest BCUT2D eigenvalue weighted by atomic mass is 9.92. The third kappa shape index (κ3) is 4.86. The van der Waals surface area contributed by atoms with Crippen molar-refractivity contribution < 1.29 is 31.5 Å². The number of hydrogen-bond donors (Lipinski definition) is 2. The monoisotopic (exact) mass is 583 g/mol. The number of amides is 2. The molecule has 13 heteroatoms. The molecule has 3 aromatic carbocycles. The van der Waals surface area contributed by atoms with E-state index in [2.05, 4.69) is 20.7 Å². The van der Waals surface area contributed by atoms with Crippen molar-refractivity contribution in [2.75, 3.05) is 5.32 Å². The number of halogens is 6. The predicted molar refractivity (Wildman–Crippen MR) is 138 cm³/mol. The number of anilines is 1. The van der Waals surface area contributed by atoms with Crippen LogP contribution in [0, 0.1) is 11.6 Å². The second-order valence-electron chi connectivity index (χ2n) is 9.22. The van der Waals surface area contributed by atoms with Gasteiger partial charge in [-0.3, -0.25) is 9.59 Å². The van der Waals surface area contributed by atoms with Crippen molar-refractivity contribution in [2.24, 2.45) is 0 Å². The SMILES string of the molecule is O=C(Nc1cc(-c2ccn3ncnc3c2)cc2c1C(c1cc(F)ccc1Cl)NC2=O)c1cc(F)cc(C(F)(F)F)c1.